The van der Waals surface area contributed by atoms with Crippen LogP contribution < -0.4 is 19.6 Å². The molecule has 4 aliphatic rings. The first-order valence-corrected chi connectivity index (χ1v) is 38.6. The van der Waals surface area contributed by atoms with Crippen molar-refractivity contribution in [2.75, 3.05) is 78.8 Å². The minimum atomic E-state index is -4.47. The standard InChI is InChI=1S/C25H35BN3O9PS.C18H34B2O11P2S.C8H16BO5PS/c1-18(2)37-23-16-25(26)38-24(23)17-35-39(30,33-5)34-14-15-36-40(31,32)22-12-8-20(9-13-22)28-27-19-6-10-21(11-7-19)29(3)4;1-11(2)25-8-15-14(7-18(20)29-15)31-32(21,22)34-10-27-33(23,24-5)26-9-16-13(28-12(3)4)6-17(19)30-16;1-5(2)12-4-7-6(3-8(9)13-7)14-15(10,11)16/h6-13,18,23-25H,14-17H2,1-5H3;11-18H,6-10H2,1-5H3,(H,21,22);5-8H,3-4H2,1-2H3,(H2,10,11,16)/p-3/t23?,24-,25-,39?;13?,14?,15-,16-,17-,18-,33?;6?,7-,8-/m111/s1. The molecule has 2 aromatic rings. The second-order valence-electron chi connectivity index (χ2n) is 21.6. The molecule has 0 saturated carbocycles. The maximum atomic E-state index is 12.8. The van der Waals surface area contributed by atoms with Crippen molar-refractivity contribution in [2.24, 2.45) is 10.2 Å². The van der Waals surface area contributed by atoms with Crippen LogP contribution in [0, 0.1) is 0 Å². The highest BCUT2D eigenvalue weighted by molar-refractivity contribution is 8.54. The van der Waals surface area contributed by atoms with Gasteiger partial charge in [-0.1, -0.05) is 18.1 Å². The van der Waals surface area contributed by atoms with Crippen molar-refractivity contribution in [2.45, 2.75) is 183 Å². The van der Waals surface area contributed by atoms with E-state index in [2.05, 4.69) is 22.0 Å². The van der Waals surface area contributed by atoms with Crippen LogP contribution in [-0.2, 0) is 114 Å². The van der Waals surface area contributed by atoms with Crippen LogP contribution >= 0.6 is 40.5 Å². The largest absolute Gasteiger partial charge is 0.812 e. The van der Waals surface area contributed by atoms with Crippen LogP contribution in [0.1, 0.15) is 81.1 Å². The number of ether oxygens (including phenoxy) is 8. The monoisotopic (exact) mass is 1400 g/mol. The highest BCUT2D eigenvalue weighted by atomic mass is 32.7. The summed E-state index contributed by atoms with van der Waals surface area (Å²) in [6.45, 7) is 5.53. The Morgan fingerprint density at radius 2 is 0.967 bits per heavy atom. The summed E-state index contributed by atoms with van der Waals surface area (Å²) >= 11 is 4.50. The molecule has 4 saturated heterocycles. The summed E-state index contributed by atoms with van der Waals surface area (Å²) in [4.78, 5) is 36.0. The number of rotatable bonds is 35. The quantitative estimate of drug-likeness (QED) is 0.0194. The van der Waals surface area contributed by atoms with Gasteiger partial charge in [0.1, 0.15) is 61.7 Å². The number of phosphoric ester groups is 2. The lowest BCUT2D eigenvalue weighted by Crippen LogP contribution is -2.32. The van der Waals surface area contributed by atoms with Gasteiger partial charge in [0.15, 0.2) is 6.80 Å². The first kappa shape index (κ1) is 81.4. The molecule has 0 aliphatic carbocycles. The van der Waals surface area contributed by atoms with Crippen molar-refractivity contribution in [1.82, 2.24) is 0 Å². The van der Waals surface area contributed by atoms with Crippen LogP contribution in [0.4, 0.5) is 17.1 Å². The molecule has 4 heterocycles. The molecule has 90 heavy (non-hydrogen) atoms. The van der Waals surface area contributed by atoms with Crippen molar-refractivity contribution < 1.29 is 115 Å². The van der Waals surface area contributed by atoms with E-state index < -0.39 is 112 Å². The molecule has 28 nitrogen and oxygen atoms in total. The Balaban J connectivity index is 0.000000313. The third-order valence-electron chi connectivity index (χ3n) is 12.5. The smallest absolute Gasteiger partial charge is 0.475 e. The molecule has 2 aromatic carbocycles. The van der Waals surface area contributed by atoms with E-state index in [4.69, 9.17) is 110 Å². The van der Waals surface area contributed by atoms with Gasteiger partial charge in [0, 0.05) is 58.0 Å². The zero-order valence-corrected chi connectivity index (χ0v) is 58.5. The Bertz CT molecular complexity index is 2780. The van der Waals surface area contributed by atoms with E-state index in [0.717, 1.165) is 19.9 Å². The Labute approximate surface area is 543 Å². The SMILES string of the molecule is [B][C@H]1CC(OC(C)C)[C@@H](COP(=O)(OC)OCCOS(=O)(=O)c2ccc(N=Nc3ccc(N(C)C)cc3)cc2)O1.[B][C@H]1CC(OC(C)C)[C@@H](COP(=O)(OC)OCSP(=O)([O-])OC2C[C@H]([B])O[C@@H]2COC(C)C)O1.[B][C@H]1CC(OP([O-])([O-])=S)[C@@H](COC(C)C)O1. The van der Waals surface area contributed by atoms with Gasteiger partial charge in [0.05, 0.1) is 105 Å². The van der Waals surface area contributed by atoms with Gasteiger partial charge in [-0.05, 0) is 130 Å². The van der Waals surface area contributed by atoms with Gasteiger partial charge in [-0.25, -0.2) is 9.13 Å². The van der Waals surface area contributed by atoms with Crippen molar-refractivity contribution in [3.05, 3.63) is 48.5 Å². The zero-order valence-electron chi connectivity index (χ0n) is 52.5. The lowest BCUT2D eigenvalue weighted by atomic mass is 9.96. The van der Waals surface area contributed by atoms with E-state index in [9.17, 15) is 36.8 Å². The van der Waals surface area contributed by atoms with Crippen molar-refractivity contribution in [1.29, 1.82) is 0 Å². The summed E-state index contributed by atoms with van der Waals surface area (Å²) in [5, 5.41) is 8.29. The van der Waals surface area contributed by atoms with Gasteiger partial charge < -0.3 is 66.5 Å². The minimum Gasteiger partial charge on any atom is -0.812 e. The maximum absolute atomic E-state index is 12.8. The number of phosphoric acid groups is 2. The fourth-order valence-corrected chi connectivity index (χ4v) is 14.5. The molecule has 4 fully saturated rings. The summed E-state index contributed by atoms with van der Waals surface area (Å²) < 4.78 is 153. The molecule has 7 unspecified atom stereocenters. The number of nitrogens with zero attached hydrogens (tertiary/aromatic N) is 3. The third-order valence-corrected chi connectivity index (χ3v) is 20.2. The molecule has 504 valence electrons. The van der Waals surface area contributed by atoms with E-state index in [1.165, 1.54) is 24.3 Å². The molecule has 8 radical (unpaired) electrons. The van der Waals surface area contributed by atoms with Crippen molar-refractivity contribution in [3.63, 3.8) is 0 Å². The minimum absolute atomic E-state index is 0.0311. The average molecular weight is 1400 g/mol. The maximum Gasteiger partial charge on any atom is 0.475 e. The van der Waals surface area contributed by atoms with Gasteiger partial charge in [-0.2, -0.15) is 18.6 Å². The van der Waals surface area contributed by atoms with Gasteiger partial charge in [-0.3, -0.25) is 35.9 Å². The van der Waals surface area contributed by atoms with Crippen LogP contribution in [0.25, 0.3) is 0 Å². The number of anilines is 1. The summed E-state index contributed by atoms with van der Waals surface area (Å²) in [5.74, 6) is -0.560. The Hall–Kier alpha value is -1.06. The van der Waals surface area contributed by atoms with Gasteiger partial charge in [0.25, 0.3) is 10.1 Å². The van der Waals surface area contributed by atoms with E-state index in [0.29, 0.717) is 42.0 Å². The number of hydrogen-bond acceptors (Lipinski definition) is 30. The van der Waals surface area contributed by atoms with Gasteiger partial charge in [-0.15, -0.1) is 11.8 Å². The van der Waals surface area contributed by atoms with Crippen LogP contribution in [0.15, 0.2) is 63.7 Å². The van der Waals surface area contributed by atoms with Crippen LogP contribution in [0.3, 0.4) is 0 Å². The van der Waals surface area contributed by atoms with Crippen LogP contribution in [0.5, 0.6) is 0 Å². The Morgan fingerprint density at radius 1 is 0.578 bits per heavy atom. The second-order valence-corrected chi connectivity index (χ2v) is 33.0. The second kappa shape index (κ2) is 38.8. The molecule has 0 N–H and O–H groups in total. The Kier molecular flexibility index (Phi) is 35.1. The molecule has 4 aliphatic heterocycles. The van der Waals surface area contributed by atoms with Crippen molar-refractivity contribution in [3.8, 4) is 0 Å². The highest BCUT2D eigenvalue weighted by Crippen LogP contribution is 2.58. The molecule has 0 bridgehead atoms. The van der Waals surface area contributed by atoms with Gasteiger partial charge in [0.2, 0.25) is 0 Å². The molecule has 39 heteroatoms. The topological polar surface area (TPSA) is 339 Å². The summed E-state index contributed by atoms with van der Waals surface area (Å²) in [6.07, 6.45) is -3.15. The highest BCUT2D eigenvalue weighted by Gasteiger charge is 2.41. The van der Waals surface area contributed by atoms with E-state index in [1.54, 1.807) is 0 Å². The summed E-state index contributed by atoms with van der Waals surface area (Å²) in [7, 11) is 16.9. The predicted octanol–water partition coefficient (Wildman–Crippen LogP) is 5.87. The van der Waals surface area contributed by atoms with E-state index in [-0.39, 0.29) is 81.0 Å². The fourth-order valence-electron chi connectivity index (χ4n) is 8.46. The Morgan fingerprint density at radius 3 is 1.36 bits per heavy atom. The normalized spacial score (nSPS) is 27.6. The van der Waals surface area contributed by atoms with Crippen molar-refractivity contribution >= 4 is 111 Å². The average Bonchev–Trinajstić information content (AvgIpc) is 1.78. The van der Waals surface area contributed by atoms with Crippen LogP contribution in [-0.4, -0.2) is 211 Å². The first-order valence-electron chi connectivity index (χ1n) is 28.6. The zero-order chi connectivity index (χ0) is 67.2. The third kappa shape index (κ3) is 30.6. The van der Waals surface area contributed by atoms with E-state index >= 15 is 0 Å². The number of azo groups is 1. The molecular weight excluding hydrogens is 1320 g/mol. The molecule has 6 rings (SSSR count). The molecule has 0 amide bonds. The van der Waals surface area contributed by atoms with Gasteiger partial charge >= 0.3 is 15.6 Å². The van der Waals surface area contributed by atoms with E-state index in [1.807, 2.05) is 98.7 Å². The first-order chi connectivity index (χ1) is 42.0. The summed E-state index contributed by atoms with van der Waals surface area (Å²) in [5.41, 5.74) is 2.15. The molecular formula is C51H82B4N3O25P4S3-3. The number of hydrogen-bond donors (Lipinski definition) is 0. The predicted molar refractivity (Wildman–Crippen MR) is 335 cm³/mol. The molecule has 0 spiro atoms. The fraction of sp³-hybridized carbons (Fsp3) is 0.765. The van der Waals surface area contributed by atoms with Crippen LogP contribution in [0.2, 0.25) is 0 Å². The lowest BCUT2D eigenvalue weighted by molar-refractivity contribution is -0.325. The summed E-state index contributed by atoms with van der Waals surface area (Å²) in [6, 6.07) is 10.9. The lowest BCUT2D eigenvalue weighted by Gasteiger charge is -2.38. The molecule has 0 aromatic heterocycles. The number of benzene rings is 2. The molecule has 15 atom stereocenters.